The van der Waals surface area contributed by atoms with Gasteiger partial charge in [-0.15, -0.1) is 0 Å². The van der Waals surface area contributed by atoms with Crippen LogP contribution in [0.3, 0.4) is 0 Å². The maximum absolute atomic E-state index is 6.15. The van der Waals surface area contributed by atoms with Crippen LogP contribution >= 0.6 is 23.4 Å². The number of hydrogen-bond donors (Lipinski definition) is 1. The predicted molar refractivity (Wildman–Crippen MR) is 70.2 cm³/mol. The van der Waals surface area contributed by atoms with Crippen LogP contribution in [0.1, 0.15) is 18.4 Å². The minimum atomic E-state index is 0.586. The van der Waals surface area contributed by atoms with Crippen molar-refractivity contribution in [2.24, 2.45) is 0 Å². The molecule has 1 saturated heterocycles. The van der Waals surface area contributed by atoms with Crippen molar-refractivity contribution in [2.75, 3.05) is 16.8 Å². The fourth-order valence-corrected chi connectivity index (χ4v) is 3.07. The topological polar surface area (TPSA) is 12.0 Å². The third-order valence-electron chi connectivity index (χ3n) is 2.64. The molecule has 1 aromatic carbocycles. The van der Waals surface area contributed by atoms with Gasteiger partial charge in [-0.25, -0.2) is 0 Å². The molecule has 0 amide bonds. The van der Waals surface area contributed by atoms with Gasteiger partial charge in [0.1, 0.15) is 0 Å². The van der Waals surface area contributed by atoms with E-state index >= 15 is 0 Å². The average Bonchev–Trinajstić information content (AvgIpc) is 2.25. The lowest BCUT2D eigenvalue weighted by atomic mass is 10.1. The smallest absolute Gasteiger partial charge is 0.0637 e. The number of halogens is 1. The molecule has 0 saturated carbocycles. The lowest BCUT2D eigenvalue weighted by Gasteiger charge is -2.24. The molecule has 1 N–H and O–H groups in total. The van der Waals surface area contributed by atoms with Crippen molar-refractivity contribution in [3.63, 3.8) is 0 Å². The molecule has 15 heavy (non-hydrogen) atoms. The van der Waals surface area contributed by atoms with Gasteiger partial charge in [0.25, 0.3) is 0 Å². The number of aryl methyl sites for hydroxylation is 1. The normalized spacial score (nSPS) is 21.3. The Bertz CT molecular complexity index is 334. The van der Waals surface area contributed by atoms with Crippen LogP contribution in [-0.4, -0.2) is 17.5 Å². The van der Waals surface area contributed by atoms with E-state index in [-0.39, 0.29) is 0 Å². The largest absolute Gasteiger partial charge is 0.380 e. The number of hydrogen-bond acceptors (Lipinski definition) is 2. The highest BCUT2D eigenvalue weighted by Crippen LogP contribution is 2.26. The van der Waals surface area contributed by atoms with Crippen LogP contribution < -0.4 is 5.32 Å². The fraction of sp³-hybridized carbons (Fsp3) is 0.500. The van der Waals surface area contributed by atoms with E-state index in [4.69, 9.17) is 11.6 Å². The van der Waals surface area contributed by atoms with Gasteiger partial charge in [0.15, 0.2) is 0 Å². The van der Waals surface area contributed by atoms with E-state index in [1.165, 1.54) is 29.9 Å². The molecule has 0 bridgehead atoms. The first-order valence-corrected chi connectivity index (χ1v) is 6.89. The van der Waals surface area contributed by atoms with Crippen LogP contribution in [0.5, 0.6) is 0 Å². The third kappa shape index (κ3) is 3.05. The molecule has 1 unspecified atom stereocenters. The second-order valence-corrected chi connectivity index (χ2v) is 5.60. The van der Waals surface area contributed by atoms with Crippen LogP contribution in [0.15, 0.2) is 18.2 Å². The molecule has 1 aromatic rings. The number of thioether (sulfide) groups is 1. The van der Waals surface area contributed by atoms with Crippen LogP contribution in [-0.2, 0) is 0 Å². The standard InChI is InChI=1S/C12H16ClNS/c1-9-4-5-11(13)12(7-9)14-10-3-2-6-15-8-10/h4-5,7,10,14H,2-3,6,8H2,1H3. The summed E-state index contributed by atoms with van der Waals surface area (Å²) >= 11 is 8.17. The first kappa shape index (κ1) is 11.2. The summed E-state index contributed by atoms with van der Waals surface area (Å²) < 4.78 is 0. The highest BCUT2D eigenvalue weighted by atomic mass is 35.5. The Morgan fingerprint density at radius 2 is 2.33 bits per heavy atom. The van der Waals surface area contributed by atoms with Crippen LogP contribution in [0, 0.1) is 6.92 Å². The van der Waals surface area contributed by atoms with Crippen molar-refractivity contribution >= 4 is 29.1 Å². The molecular weight excluding hydrogens is 226 g/mol. The number of benzene rings is 1. The Kier molecular flexibility index (Phi) is 3.81. The monoisotopic (exact) mass is 241 g/mol. The van der Waals surface area contributed by atoms with Gasteiger partial charge in [-0.1, -0.05) is 17.7 Å². The van der Waals surface area contributed by atoms with Crippen LogP contribution in [0.4, 0.5) is 5.69 Å². The Morgan fingerprint density at radius 1 is 1.47 bits per heavy atom. The average molecular weight is 242 g/mol. The van der Waals surface area contributed by atoms with Gasteiger partial charge in [-0.05, 0) is 43.2 Å². The first-order valence-electron chi connectivity index (χ1n) is 5.36. The number of nitrogens with one attached hydrogen (secondary N) is 1. The van der Waals surface area contributed by atoms with E-state index in [2.05, 4.69) is 18.3 Å². The van der Waals surface area contributed by atoms with Gasteiger partial charge >= 0.3 is 0 Å². The second-order valence-electron chi connectivity index (χ2n) is 4.04. The molecule has 0 aromatic heterocycles. The summed E-state index contributed by atoms with van der Waals surface area (Å²) in [4.78, 5) is 0. The Labute approximate surface area is 101 Å². The summed E-state index contributed by atoms with van der Waals surface area (Å²) in [6, 6.07) is 6.72. The molecule has 82 valence electrons. The molecule has 1 aliphatic rings. The van der Waals surface area contributed by atoms with Crippen molar-refractivity contribution < 1.29 is 0 Å². The molecule has 0 spiro atoms. The molecule has 1 heterocycles. The van der Waals surface area contributed by atoms with Crippen molar-refractivity contribution in [3.8, 4) is 0 Å². The zero-order valence-corrected chi connectivity index (χ0v) is 10.5. The number of anilines is 1. The van der Waals surface area contributed by atoms with E-state index in [0.29, 0.717) is 6.04 Å². The van der Waals surface area contributed by atoms with Gasteiger partial charge < -0.3 is 5.32 Å². The van der Waals surface area contributed by atoms with Gasteiger partial charge in [0.2, 0.25) is 0 Å². The highest BCUT2D eigenvalue weighted by molar-refractivity contribution is 7.99. The van der Waals surface area contributed by atoms with Gasteiger partial charge in [0.05, 0.1) is 10.7 Å². The molecule has 1 fully saturated rings. The Morgan fingerprint density at radius 3 is 3.07 bits per heavy atom. The quantitative estimate of drug-likeness (QED) is 0.841. The summed E-state index contributed by atoms with van der Waals surface area (Å²) in [5.74, 6) is 2.50. The summed E-state index contributed by atoms with van der Waals surface area (Å²) in [6.45, 7) is 2.09. The third-order valence-corrected chi connectivity index (χ3v) is 4.19. The lowest BCUT2D eigenvalue weighted by molar-refractivity contribution is 0.685. The molecule has 3 heteroatoms. The molecule has 0 aliphatic carbocycles. The lowest BCUT2D eigenvalue weighted by Crippen LogP contribution is -2.25. The van der Waals surface area contributed by atoms with E-state index in [9.17, 15) is 0 Å². The zero-order chi connectivity index (χ0) is 10.7. The maximum Gasteiger partial charge on any atom is 0.0637 e. The summed E-state index contributed by atoms with van der Waals surface area (Å²) in [5, 5.41) is 4.37. The second kappa shape index (κ2) is 5.13. The van der Waals surface area contributed by atoms with E-state index < -0.39 is 0 Å². The predicted octanol–water partition coefficient (Wildman–Crippen LogP) is 3.96. The summed E-state index contributed by atoms with van der Waals surface area (Å²) in [5.41, 5.74) is 2.34. The molecule has 1 aliphatic heterocycles. The molecular formula is C12H16ClNS. The summed E-state index contributed by atoms with van der Waals surface area (Å²) in [6.07, 6.45) is 2.57. The van der Waals surface area contributed by atoms with Crippen molar-refractivity contribution in [2.45, 2.75) is 25.8 Å². The minimum absolute atomic E-state index is 0.586. The maximum atomic E-state index is 6.15. The van der Waals surface area contributed by atoms with E-state index in [1.54, 1.807) is 0 Å². The zero-order valence-electron chi connectivity index (χ0n) is 8.92. The molecule has 2 rings (SSSR count). The van der Waals surface area contributed by atoms with Crippen LogP contribution in [0.2, 0.25) is 5.02 Å². The first-order chi connectivity index (χ1) is 7.25. The van der Waals surface area contributed by atoms with Crippen molar-refractivity contribution in [1.82, 2.24) is 0 Å². The van der Waals surface area contributed by atoms with Crippen molar-refractivity contribution in [3.05, 3.63) is 28.8 Å². The summed E-state index contributed by atoms with van der Waals surface area (Å²) in [7, 11) is 0. The van der Waals surface area contributed by atoms with Gasteiger partial charge in [-0.2, -0.15) is 11.8 Å². The van der Waals surface area contributed by atoms with Gasteiger partial charge in [0, 0.05) is 11.8 Å². The highest BCUT2D eigenvalue weighted by Gasteiger charge is 2.14. The van der Waals surface area contributed by atoms with Crippen molar-refractivity contribution in [1.29, 1.82) is 0 Å². The number of rotatable bonds is 2. The van der Waals surface area contributed by atoms with Gasteiger partial charge in [-0.3, -0.25) is 0 Å². The SMILES string of the molecule is Cc1ccc(Cl)c(NC2CCCSC2)c1. The molecule has 1 atom stereocenters. The minimum Gasteiger partial charge on any atom is -0.380 e. The van der Waals surface area contributed by atoms with Crippen LogP contribution in [0.25, 0.3) is 0 Å². The Hall–Kier alpha value is -0.340. The van der Waals surface area contributed by atoms with E-state index in [0.717, 1.165) is 10.7 Å². The molecule has 0 radical (unpaired) electrons. The molecule has 1 nitrogen and oxygen atoms in total. The fourth-order valence-electron chi connectivity index (χ4n) is 1.82. The Balaban J connectivity index is 2.05. The van der Waals surface area contributed by atoms with E-state index in [1.807, 2.05) is 23.9 Å².